The van der Waals surface area contributed by atoms with Crippen molar-refractivity contribution >= 4 is 5.97 Å². The Hall–Kier alpha value is -0.820. The molecule has 1 N–H and O–H groups in total. The second-order valence-corrected chi connectivity index (χ2v) is 6.19. The number of halogens is 3. The monoisotopic (exact) mass is 295 g/mol. The van der Waals surface area contributed by atoms with Crippen molar-refractivity contribution in [2.75, 3.05) is 26.7 Å². The van der Waals surface area contributed by atoms with Gasteiger partial charge in [-0.15, -0.1) is 0 Å². The van der Waals surface area contributed by atoms with Crippen LogP contribution >= 0.6 is 0 Å². The molecule has 2 rings (SSSR count). The molecule has 20 heavy (non-hydrogen) atoms. The molecule has 0 aromatic carbocycles. The number of alkyl halides is 3. The number of aliphatic hydroxyl groups is 1. The van der Waals surface area contributed by atoms with E-state index in [1.54, 1.807) is 4.90 Å². The van der Waals surface area contributed by atoms with Gasteiger partial charge in [-0.2, -0.15) is 13.2 Å². The molecule has 7 heteroatoms. The van der Waals surface area contributed by atoms with E-state index < -0.39 is 18.3 Å². The Morgan fingerprint density at radius 2 is 1.95 bits per heavy atom. The maximum absolute atomic E-state index is 12.6. The van der Waals surface area contributed by atoms with Gasteiger partial charge in [-0.1, -0.05) is 0 Å². The molecule has 0 unspecified atom stereocenters. The first kappa shape index (κ1) is 15.6. The highest BCUT2D eigenvalue weighted by Crippen LogP contribution is 2.59. The molecule has 4 nitrogen and oxygen atoms in total. The van der Waals surface area contributed by atoms with Crippen molar-refractivity contribution < 1.29 is 27.8 Å². The van der Waals surface area contributed by atoms with Gasteiger partial charge in [-0.05, 0) is 44.7 Å². The molecule has 2 fully saturated rings. The summed E-state index contributed by atoms with van der Waals surface area (Å²) in [5, 5.41) is 9.49. The molecule has 116 valence electrons. The summed E-state index contributed by atoms with van der Waals surface area (Å²) in [6.45, 7) is 1.32. The number of likely N-dealkylation sites (tertiary alicyclic amines) is 1. The zero-order chi connectivity index (χ0) is 15.2. The molecule has 0 aromatic rings. The van der Waals surface area contributed by atoms with Crippen LogP contribution in [0.25, 0.3) is 0 Å². The summed E-state index contributed by atoms with van der Waals surface area (Å²) in [7, 11) is 1.35. The van der Waals surface area contributed by atoms with Crippen molar-refractivity contribution in [2.45, 2.75) is 38.0 Å². The van der Waals surface area contributed by atoms with Crippen molar-refractivity contribution in [3.05, 3.63) is 0 Å². The minimum Gasteiger partial charge on any atom is -0.469 e. The lowest BCUT2D eigenvalue weighted by atomic mass is 9.90. The Kier molecular flexibility index (Phi) is 3.79. The highest BCUT2D eigenvalue weighted by molar-refractivity contribution is 5.76. The first-order chi connectivity index (χ1) is 9.11. The summed E-state index contributed by atoms with van der Waals surface area (Å²) in [5.41, 5.74) is -2.77. The van der Waals surface area contributed by atoms with Crippen LogP contribution < -0.4 is 0 Å². The Bertz CT molecular complexity index is 387. The SMILES string of the molecule is COC(=O)[C@@H]1CC12CCN(C[C@](C)(O)C(F)(F)F)CC2. The van der Waals surface area contributed by atoms with Crippen LogP contribution in [-0.4, -0.2) is 54.5 Å². The first-order valence-electron chi connectivity index (χ1n) is 6.71. The van der Waals surface area contributed by atoms with E-state index in [0.717, 1.165) is 13.3 Å². The van der Waals surface area contributed by atoms with E-state index in [9.17, 15) is 23.1 Å². The topological polar surface area (TPSA) is 49.8 Å². The van der Waals surface area contributed by atoms with Crippen molar-refractivity contribution in [2.24, 2.45) is 11.3 Å². The fourth-order valence-electron chi connectivity index (χ4n) is 3.06. The van der Waals surface area contributed by atoms with Crippen LogP contribution in [0, 0.1) is 11.3 Å². The maximum Gasteiger partial charge on any atom is 0.418 e. The molecule has 1 spiro atoms. The number of rotatable bonds is 3. The van der Waals surface area contributed by atoms with Gasteiger partial charge in [0.1, 0.15) is 0 Å². The quantitative estimate of drug-likeness (QED) is 0.803. The third-order valence-electron chi connectivity index (χ3n) is 4.67. The van der Waals surface area contributed by atoms with Crippen molar-refractivity contribution in [1.29, 1.82) is 0 Å². The molecule has 2 aliphatic rings. The second kappa shape index (κ2) is 4.87. The van der Waals surface area contributed by atoms with Gasteiger partial charge >= 0.3 is 12.1 Å². The number of carbonyl (C=O) groups is 1. The smallest absolute Gasteiger partial charge is 0.418 e. The van der Waals surface area contributed by atoms with Gasteiger partial charge < -0.3 is 14.7 Å². The van der Waals surface area contributed by atoms with Crippen LogP contribution in [-0.2, 0) is 9.53 Å². The van der Waals surface area contributed by atoms with Crippen LogP contribution in [0.5, 0.6) is 0 Å². The van der Waals surface area contributed by atoms with E-state index in [0.29, 0.717) is 25.9 Å². The lowest BCUT2D eigenvalue weighted by Crippen LogP contribution is -2.53. The highest BCUT2D eigenvalue weighted by Gasteiger charge is 2.60. The summed E-state index contributed by atoms with van der Waals surface area (Å²) >= 11 is 0. The third kappa shape index (κ3) is 2.79. The maximum atomic E-state index is 12.6. The van der Waals surface area contributed by atoms with Gasteiger partial charge in [0.05, 0.1) is 13.0 Å². The number of methoxy groups -OCH3 is 1. The number of β-amino-alcohol motifs (C(OH)–C–C–N with tert-alkyl or cyclic N) is 1. The molecular weight excluding hydrogens is 275 g/mol. The zero-order valence-electron chi connectivity index (χ0n) is 11.7. The molecule has 0 radical (unpaired) electrons. The number of hydrogen-bond acceptors (Lipinski definition) is 4. The minimum atomic E-state index is -4.63. The predicted octanol–water partition coefficient (Wildman–Crippen LogP) is 1.57. The van der Waals surface area contributed by atoms with Crippen molar-refractivity contribution in [1.82, 2.24) is 4.90 Å². The fraction of sp³-hybridized carbons (Fsp3) is 0.923. The van der Waals surface area contributed by atoms with Crippen LogP contribution in [0.1, 0.15) is 26.2 Å². The molecule has 1 aliphatic heterocycles. The number of nitrogens with zero attached hydrogens (tertiary/aromatic N) is 1. The Morgan fingerprint density at radius 3 is 2.40 bits per heavy atom. The number of carbonyl (C=O) groups excluding carboxylic acids is 1. The number of ether oxygens (including phenoxy) is 1. The molecule has 0 bridgehead atoms. The molecular formula is C13H20F3NO3. The molecule has 0 amide bonds. The van der Waals surface area contributed by atoms with Gasteiger partial charge in [0, 0.05) is 6.54 Å². The van der Waals surface area contributed by atoms with E-state index >= 15 is 0 Å². The van der Waals surface area contributed by atoms with E-state index in [1.165, 1.54) is 7.11 Å². The van der Waals surface area contributed by atoms with Crippen LogP contribution in [0.3, 0.4) is 0 Å². The van der Waals surface area contributed by atoms with Gasteiger partial charge in [0.25, 0.3) is 0 Å². The Morgan fingerprint density at radius 1 is 1.40 bits per heavy atom. The average Bonchev–Trinajstić information content (AvgIpc) is 3.04. The third-order valence-corrected chi connectivity index (χ3v) is 4.67. The van der Waals surface area contributed by atoms with Gasteiger partial charge in [0.15, 0.2) is 5.60 Å². The molecule has 1 aliphatic carbocycles. The fourth-order valence-corrected chi connectivity index (χ4v) is 3.06. The summed E-state index contributed by atoms with van der Waals surface area (Å²) < 4.78 is 42.6. The summed E-state index contributed by atoms with van der Waals surface area (Å²) in [4.78, 5) is 13.1. The highest BCUT2D eigenvalue weighted by atomic mass is 19.4. The summed E-state index contributed by atoms with van der Waals surface area (Å²) in [6.07, 6.45) is -2.50. The van der Waals surface area contributed by atoms with Crippen molar-refractivity contribution in [3.8, 4) is 0 Å². The lowest BCUT2D eigenvalue weighted by Gasteiger charge is -2.37. The first-order valence-corrected chi connectivity index (χ1v) is 6.71. The number of hydrogen-bond donors (Lipinski definition) is 1. The van der Waals surface area contributed by atoms with Crippen LogP contribution in [0.15, 0.2) is 0 Å². The average molecular weight is 295 g/mol. The second-order valence-electron chi connectivity index (χ2n) is 6.19. The minimum absolute atomic E-state index is 0.0757. The lowest BCUT2D eigenvalue weighted by molar-refractivity contribution is -0.258. The molecule has 0 aromatic heterocycles. The van der Waals surface area contributed by atoms with E-state index in [-0.39, 0.29) is 17.3 Å². The summed E-state index contributed by atoms with van der Waals surface area (Å²) in [5.74, 6) is -0.321. The largest absolute Gasteiger partial charge is 0.469 e. The van der Waals surface area contributed by atoms with Crippen LogP contribution in [0.4, 0.5) is 13.2 Å². The number of esters is 1. The summed E-state index contributed by atoms with van der Waals surface area (Å²) in [6, 6.07) is 0. The van der Waals surface area contributed by atoms with E-state index in [2.05, 4.69) is 0 Å². The Balaban J connectivity index is 1.86. The number of piperidine rings is 1. The van der Waals surface area contributed by atoms with Gasteiger partial charge in [0.2, 0.25) is 0 Å². The van der Waals surface area contributed by atoms with Crippen LogP contribution in [0.2, 0.25) is 0 Å². The van der Waals surface area contributed by atoms with Gasteiger partial charge in [-0.3, -0.25) is 4.79 Å². The standard InChI is InChI=1S/C13H20F3NO3/c1-11(19,13(14,15)16)8-17-5-3-12(4-6-17)7-9(12)10(18)20-2/h9,19H,3-8H2,1-2H3/t9-,11-/m0/s1. The zero-order valence-corrected chi connectivity index (χ0v) is 11.7. The normalized spacial score (nSPS) is 29.0. The Labute approximate surface area is 115 Å². The predicted molar refractivity (Wildman–Crippen MR) is 64.9 cm³/mol. The molecule has 1 heterocycles. The van der Waals surface area contributed by atoms with Gasteiger partial charge in [-0.25, -0.2) is 0 Å². The van der Waals surface area contributed by atoms with E-state index in [1.807, 2.05) is 0 Å². The molecule has 1 saturated heterocycles. The van der Waals surface area contributed by atoms with E-state index in [4.69, 9.17) is 4.74 Å². The molecule has 1 saturated carbocycles. The molecule has 2 atom stereocenters. The van der Waals surface area contributed by atoms with Crippen molar-refractivity contribution in [3.63, 3.8) is 0 Å².